The zero-order valence-corrected chi connectivity index (χ0v) is 16.5. The predicted molar refractivity (Wildman–Crippen MR) is 101 cm³/mol. The van der Waals surface area contributed by atoms with E-state index in [2.05, 4.69) is 4.72 Å². The number of nitrogens with one attached hydrogen (secondary N) is 1. The van der Waals surface area contributed by atoms with E-state index in [1.165, 1.54) is 6.07 Å². The van der Waals surface area contributed by atoms with Crippen molar-refractivity contribution in [2.45, 2.75) is 46.6 Å². The summed E-state index contributed by atoms with van der Waals surface area (Å²) in [5.41, 5.74) is 0.386. The number of fused-ring (bicyclic) bond motifs is 1. The molecule has 1 aliphatic rings. The summed E-state index contributed by atoms with van der Waals surface area (Å²) in [7, 11) is -4.12. The first-order valence-electron chi connectivity index (χ1n) is 8.94. The normalized spacial score (nSPS) is 14.8. The van der Waals surface area contributed by atoms with Gasteiger partial charge in [-0.05, 0) is 26.7 Å². The van der Waals surface area contributed by atoms with Gasteiger partial charge in [0.2, 0.25) is 21.6 Å². The molecule has 0 heterocycles. The third-order valence-electron chi connectivity index (χ3n) is 4.02. The molecule has 26 heavy (non-hydrogen) atoms. The summed E-state index contributed by atoms with van der Waals surface area (Å²) in [4.78, 5) is 27.5. The fourth-order valence-electron chi connectivity index (χ4n) is 3.12. The van der Waals surface area contributed by atoms with Crippen LogP contribution in [0.5, 0.6) is 0 Å². The molecule has 1 aromatic rings. The first-order valence-corrected chi connectivity index (χ1v) is 10.4. The van der Waals surface area contributed by atoms with Crippen LogP contribution in [0.3, 0.4) is 0 Å². The van der Waals surface area contributed by atoms with Crippen LogP contribution in [0.25, 0.3) is 0 Å². The van der Waals surface area contributed by atoms with Gasteiger partial charge < -0.3 is 4.90 Å². The van der Waals surface area contributed by atoms with E-state index >= 15 is 0 Å². The van der Waals surface area contributed by atoms with Gasteiger partial charge in [-0.1, -0.05) is 38.1 Å². The van der Waals surface area contributed by atoms with Gasteiger partial charge in [0.1, 0.15) is 5.70 Å². The highest BCUT2D eigenvalue weighted by Gasteiger charge is 2.41. The number of nitrogens with zero attached hydrogens (tertiary/aromatic N) is 1. The van der Waals surface area contributed by atoms with E-state index in [0.29, 0.717) is 13.1 Å². The maximum atomic E-state index is 13.2. The van der Waals surface area contributed by atoms with Gasteiger partial charge in [0.05, 0.1) is 0 Å². The van der Waals surface area contributed by atoms with Gasteiger partial charge >= 0.3 is 0 Å². The lowest BCUT2D eigenvalue weighted by Crippen LogP contribution is -2.41. The maximum absolute atomic E-state index is 13.2. The van der Waals surface area contributed by atoms with Crippen LogP contribution < -0.4 is 4.72 Å². The third-order valence-corrected chi connectivity index (χ3v) is 5.71. The third kappa shape index (κ3) is 3.88. The van der Waals surface area contributed by atoms with E-state index in [0.717, 1.165) is 12.8 Å². The van der Waals surface area contributed by atoms with Crippen molar-refractivity contribution in [3.63, 3.8) is 0 Å². The SMILES string of the molecule is CCCN(CCC)C1=C(S(=O)(=O)NC(C)C)C(=O)c2ccccc2C1=O. The highest BCUT2D eigenvalue weighted by atomic mass is 32.2. The minimum atomic E-state index is -4.12. The van der Waals surface area contributed by atoms with Crippen LogP contribution in [0.4, 0.5) is 0 Å². The van der Waals surface area contributed by atoms with Crippen molar-refractivity contribution in [1.82, 2.24) is 9.62 Å². The number of ketones is 2. The average molecular weight is 378 g/mol. The molecule has 142 valence electrons. The summed E-state index contributed by atoms with van der Waals surface area (Å²) in [6.07, 6.45) is 1.47. The summed E-state index contributed by atoms with van der Waals surface area (Å²) in [5.74, 6) is -1.04. The van der Waals surface area contributed by atoms with Crippen molar-refractivity contribution < 1.29 is 18.0 Å². The largest absolute Gasteiger partial charge is 0.367 e. The molecular formula is C19H26N2O4S. The zero-order chi connectivity index (χ0) is 19.5. The van der Waals surface area contributed by atoms with Crippen molar-refractivity contribution in [2.24, 2.45) is 0 Å². The molecule has 0 atom stereocenters. The topological polar surface area (TPSA) is 83.6 Å². The van der Waals surface area contributed by atoms with Gasteiger partial charge in [-0.3, -0.25) is 9.59 Å². The van der Waals surface area contributed by atoms with E-state index < -0.39 is 26.5 Å². The molecule has 0 radical (unpaired) electrons. The molecule has 0 saturated heterocycles. The number of allylic oxidation sites excluding steroid dienone is 2. The van der Waals surface area contributed by atoms with Crippen LogP contribution in [0.15, 0.2) is 34.9 Å². The molecule has 0 saturated carbocycles. The smallest absolute Gasteiger partial charge is 0.246 e. The Labute approximate surface area is 155 Å². The highest BCUT2D eigenvalue weighted by Crippen LogP contribution is 2.31. The number of benzene rings is 1. The van der Waals surface area contributed by atoms with Crippen molar-refractivity contribution in [3.8, 4) is 0 Å². The van der Waals surface area contributed by atoms with E-state index in [1.54, 1.807) is 36.9 Å². The lowest BCUT2D eigenvalue weighted by atomic mass is 9.91. The molecule has 0 unspecified atom stereocenters. The van der Waals surface area contributed by atoms with Crippen molar-refractivity contribution in [3.05, 3.63) is 46.0 Å². The molecular weight excluding hydrogens is 352 g/mol. The Kier molecular flexibility index (Phi) is 6.36. The number of carbonyl (C=O) groups is 2. The lowest BCUT2D eigenvalue weighted by Gasteiger charge is -2.31. The van der Waals surface area contributed by atoms with E-state index in [-0.39, 0.29) is 22.9 Å². The van der Waals surface area contributed by atoms with Gasteiger partial charge in [-0.2, -0.15) is 0 Å². The molecule has 0 aliphatic heterocycles. The Balaban J connectivity index is 2.76. The van der Waals surface area contributed by atoms with Crippen LogP contribution in [-0.2, 0) is 10.0 Å². The molecule has 1 aromatic carbocycles. The van der Waals surface area contributed by atoms with Crippen LogP contribution in [0.1, 0.15) is 61.3 Å². The first kappa shape index (κ1) is 20.3. The molecule has 7 heteroatoms. The Bertz CT molecular complexity index is 835. The minimum Gasteiger partial charge on any atom is -0.367 e. The predicted octanol–water partition coefficient (Wildman–Crippen LogP) is 2.73. The summed E-state index contributed by atoms with van der Waals surface area (Å²) in [6.45, 7) is 8.27. The Hall–Kier alpha value is -1.99. The fraction of sp³-hybridized carbons (Fsp3) is 0.474. The van der Waals surface area contributed by atoms with E-state index in [1.807, 2.05) is 13.8 Å². The summed E-state index contributed by atoms with van der Waals surface area (Å²) >= 11 is 0. The number of Topliss-reactive ketones (excluding diaryl/α,β-unsaturated/α-hetero) is 2. The number of carbonyl (C=O) groups excluding carboxylic acids is 2. The van der Waals surface area contributed by atoms with Gasteiger partial charge in [0.25, 0.3) is 0 Å². The monoisotopic (exact) mass is 378 g/mol. The number of sulfonamides is 1. The van der Waals surface area contributed by atoms with Gasteiger partial charge in [-0.25, -0.2) is 13.1 Å². The zero-order valence-electron chi connectivity index (χ0n) is 15.7. The van der Waals surface area contributed by atoms with E-state index in [4.69, 9.17) is 0 Å². The second-order valence-corrected chi connectivity index (χ2v) is 8.30. The second-order valence-electron chi connectivity index (χ2n) is 6.64. The molecule has 0 amide bonds. The molecule has 0 spiro atoms. The quantitative estimate of drug-likeness (QED) is 0.752. The summed E-state index contributed by atoms with van der Waals surface area (Å²) in [5, 5.41) is 0. The minimum absolute atomic E-state index is 0.00875. The van der Waals surface area contributed by atoms with Crippen molar-refractivity contribution in [2.75, 3.05) is 13.1 Å². The van der Waals surface area contributed by atoms with Gasteiger partial charge in [-0.15, -0.1) is 0 Å². The number of hydrogen-bond donors (Lipinski definition) is 1. The number of hydrogen-bond acceptors (Lipinski definition) is 5. The first-order chi connectivity index (χ1) is 12.2. The summed E-state index contributed by atoms with van der Waals surface area (Å²) in [6, 6.07) is 5.99. The molecule has 6 nitrogen and oxygen atoms in total. The Morgan fingerprint density at radius 3 is 1.92 bits per heavy atom. The van der Waals surface area contributed by atoms with Crippen LogP contribution >= 0.6 is 0 Å². The van der Waals surface area contributed by atoms with E-state index in [9.17, 15) is 18.0 Å². The fourth-order valence-corrected chi connectivity index (χ4v) is 4.69. The standard InChI is InChI=1S/C19H26N2O4S/c1-5-11-21(12-6-2)16-17(22)14-9-7-8-10-15(14)18(23)19(16)26(24,25)20-13(3)4/h7-10,13,20H,5-6,11-12H2,1-4H3. The molecule has 0 fully saturated rings. The molecule has 2 rings (SSSR count). The summed E-state index contributed by atoms with van der Waals surface area (Å²) < 4.78 is 28.3. The van der Waals surface area contributed by atoms with Crippen LogP contribution in [-0.4, -0.2) is 44.0 Å². The van der Waals surface area contributed by atoms with Crippen LogP contribution in [0, 0.1) is 0 Å². The molecule has 1 N–H and O–H groups in total. The Morgan fingerprint density at radius 1 is 0.962 bits per heavy atom. The lowest BCUT2D eigenvalue weighted by molar-refractivity contribution is 0.0946. The highest BCUT2D eigenvalue weighted by molar-refractivity contribution is 7.94. The maximum Gasteiger partial charge on any atom is 0.246 e. The van der Waals surface area contributed by atoms with Crippen molar-refractivity contribution >= 4 is 21.6 Å². The van der Waals surface area contributed by atoms with Crippen molar-refractivity contribution in [1.29, 1.82) is 0 Å². The molecule has 0 aromatic heterocycles. The second kappa shape index (κ2) is 8.14. The molecule has 1 aliphatic carbocycles. The van der Waals surface area contributed by atoms with Crippen LogP contribution in [0.2, 0.25) is 0 Å². The number of rotatable bonds is 8. The van der Waals surface area contributed by atoms with Gasteiger partial charge in [0, 0.05) is 30.3 Å². The van der Waals surface area contributed by atoms with Gasteiger partial charge in [0.15, 0.2) is 4.91 Å². The average Bonchev–Trinajstić information content (AvgIpc) is 2.56. The molecule has 0 bridgehead atoms. The Morgan fingerprint density at radius 2 is 1.46 bits per heavy atom.